The Bertz CT molecular complexity index is 365. The first-order valence-electron chi connectivity index (χ1n) is 5.06. The third-order valence-electron chi connectivity index (χ3n) is 2.23. The molecule has 0 aliphatic carbocycles. The molecular weight excluding hydrogens is 312 g/mol. The topological polar surface area (TPSA) is 80.9 Å². The van der Waals surface area contributed by atoms with Gasteiger partial charge < -0.3 is 20.4 Å². The van der Waals surface area contributed by atoms with Gasteiger partial charge in [0.25, 0.3) is 0 Å². The van der Waals surface area contributed by atoms with Gasteiger partial charge in [0.1, 0.15) is 0 Å². The molecule has 0 amide bonds. The van der Waals surface area contributed by atoms with Crippen LogP contribution in [0.4, 0.5) is 0 Å². The molecule has 0 aromatic carbocycles. The van der Waals surface area contributed by atoms with Crippen LogP contribution in [0.25, 0.3) is 0 Å². The monoisotopic (exact) mass is 324 g/mol. The van der Waals surface area contributed by atoms with Gasteiger partial charge in [0.05, 0.1) is 34.9 Å². The Labute approximate surface area is 122 Å². The maximum Gasteiger partial charge on any atom is 0.0753 e. The third kappa shape index (κ3) is 2.96. The van der Waals surface area contributed by atoms with E-state index in [0.29, 0.717) is 0 Å². The van der Waals surface area contributed by atoms with Crippen LogP contribution in [0, 0.1) is 0 Å². The molecule has 0 saturated heterocycles. The molecule has 2 aliphatic heterocycles. The standard InChI is InChI=1S/C10H12O4S4/c11-1-5-6(2-12)16-9(15-5)10-17-7(3-13)8(4-14)18-10/h11-14H,1-4H2. The molecule has 100 valence electrons. The fourth-order valence-corrected chi connectivity index (χ4v) is 6.61. The average Bonchev–Trinajstić information content (AvgIpc) is 3.01. The van der Waals surface area contributed by atoms with E-state index < -0.39 is 0 Å². The van der Waals surface area contributed by atoms with Crippen LogP contribution in [0.1, 0.15) is 0 Å². The van der Waals surface area contributed by atoms with Gasteiger partial charge in [-0.25, -0.2) is 0 Å². The molecule has 0 saturated carbocycles. The van der Waals surface area contributed by atoms with Crippen molar-refractivity contribution in [3.63, 3.8) is 0 Å². The molecule has 2 rings (SSSR count). The molecule has 8 heteroatoms. The van der Waals surface area contributed by atoms with Gasteiger partial charge in [-0.05, 0) is 0 Å². The van der Waals surface area contributed by atoms with E-state index in [2.05, 4.69) is 0 Å². The summed E-state index contributed by atoms with van der Waals surface area (Å²) in [6.07, 6.45) is 0. The minimum atomic E-state index is -0.0766. The van der Waals surface area contributed by atoms with Crippen LogP contribution in [-0.2, 0) is 0 Å². The maximum absolute atomic E-state index is 9.19. The molecule has 0 aromatic heterocycles. The number of hydrogen-bond acceptors (Lipinski definition) is 8. The van der Waals surface area contributed by atoms with Crippen molar-refractivity contribution in [3.8, 4) is 0 Å². The molecule has 0 radical (unpaired) electrons. The van der Waals surface area contributed by atoms with E-state index in [1.54, 1.807) is 0 Å². The van der Waals surface area contributed by atoms with Gasteiger partial charge in [0.15, 0.2) is 0 Å². The van der Waals surface area contributed by atoms with Crippen LogP contribution in [0.3, 0.4) is 0 Å². The number of aliphatic hydroxyl groups excluding tert-OH is 4. The molecule has 2 heterocycles. The quantitative estimate of drug-likeness (QED) is 0.619. The summed E-state index contributed by atoms with van der Waals surface area (Å²) in [6, 6.07) is 0. The second-order valence-corrected chi connectivity index (χ2v) is 8.25. The lowest BCUT2D eigenvalue weighted by Crippen LogP contribution is -1.89. The van der Waals surface area contributed by atoms with Crippen LogP contribution < -0.4 is 0 Å². The SMILES string of the molecule is OCC1=C(CO)SC(=C2SC(CO)=C(CO)S2)S1. The lowest BCUT2D eigenvalue weighted by molar-refractivity contribution is 0.324. The predicted octanol–water partition coefficient (Wildman–Crippen LogP) is 1.47. The number of rotatable bonds is 4. The van der Waals surface area contributed by atoms with Crippen molar-refractivity contribution in [2.45, 2.75) is 0 Å². The first-order chi connectivity index (χ1) is 8.73. The van der Waals surface area contributed by atoms with Crippen molar-refractivity contribution >= 4 is 47.0 Å². The second kappa shape index (κ2) is 6.76. The summed E-state index contributed by atoms with van der Waals surface area (Å²) >= 11 is 5.79. The zero-order valence-electron chi connectivity index (χ0n) is 9.25. The highest BCUT2D eigenvalue weighted by Gasteiger charge is 2.28. The van der Waals surface area contributed by atoms with E-state index in [9.17, 15) is 20.4 Å². The first kappa shape index (κ1) is 14.9. The van der Waals surface area contributed by atoms with E-state index in [0.717, 1.165) is 28.1 Å². The molecule has 0 atom stereocenters. The Hall–Kier alpha value is 0.460. The average molecular weight is 324 g/mol. The first-order valence-corrected chi connectivity index (χ1v) is 8.33. The van der Waals surface area contributed by atoms with Gasteiger partial charge in [-0.1, -0.05) is 47.0 Å². The highest BCUT2D eigenvalue weighted by molar-refractivity contribution is 8.34. The van der Waals surface area contributed by atoms with Crippen molar-refractivity contribution in [1.82, 2.24) is 0 Å². The molecule has 4 N–H and O–H groups in total. The Balaban J connectivity index is 2.14. The molecule has 0 fully saturated rings. The zero-order chi connectivity index (χ0) is 13.1. The summed E-state index contributed by atoms with van der Waals surface area (Å²) in [5.41, 5.74) is 0. The Kier molecular flexibility index (Phi) is 5.58. The fraction of sp³-hybridized carbons (Fsp3) is 0.400. The van der Waals surface area contributed by atoms with Gasteiger partial charge in [0.2, 0.25) is 0 Å². The predicted molar refractivity (Wildman–Crippen MR) is 79.8 cm³/mol. The highest BCUT2D eigenvalue weighted by Crippen LogP contribution is 2.59. The number of thioether (sulfide) groups is 4. The van der Waals surface area contributed by atoms with Crippen LogP contribution in [-0.4, -0.2) is 46.9 Å². The molecule has 0 unspecified atom stereocenters. The summed E-state index contributed by atoms with van der Waals surface area (Å²) in [5, 5.41) is 36.8. The largest absolute Gasteiger partial charge is 0.391 e. The Morgan fingerprint density at radius 3 is 0.889 bits per heavy atom. The highest BCUT2D eigenvalue weighted by atomic mass is 32.2. The van der Waals surface area contributed by atoms with Crippen molar-refractivity contribution in [2.75, 3.05) is 26.4 Å². The summed E-state index contributed by atoms with van der Waals surface area (Å²) < 4.78 is 1.99. The lowest BCUT2D eigenvalue weighted by atomic mass is 10.5. The molecule has 4 nitrogen and oxygen atoms in total. The normalized spacial score (nSPS) is 20.7. The number of aliphatic hydroxyl groups is 4. The van der Waals surface area contributed by atoms with E-state index >= 15 is 0 Å². The molecule has 18 heavy (non-hydrogen) atoms. The zero-order valence-corrected chi connectivity index (χ0v) is 12.5. The summed E-state index contributed by atoms with van der Waals surface area (Å²) in [7, 11) is 0. The van der Waals surface area contributed by atoms with Gasteiger partial charge >= 0.3 is 0 Å². The van der Waals surface area contributed by atoms with E-state index in [4.69, 9.17) is 0 Å². The van der Waals surface area contributed by atoms with Crippen molar-refractivity contribution in [2.24, 2.45) is 0 Å². The van der Waals surface area contributed by atoms with Gasteiger partial charge in [0, 0.05) is 19.6 Å². The van der Waals surface area contributed by atoms with Crippen LogP contribution >= 0.6 is 47.0 Å². The summed E-state index contributed by atoms with van der Waals surface area (Å²) in [5.74, 6) is 0. The van der Waals surface area contributed by atoms with Gasteiger partial charge in [-0.15, -0.1) is 0 Å². The summed E-state index contributed by atoms with van der Waals surface area (Å²) in [6.45, 7) is -0.306. The van der Waals surface area contributed by atoms with Crippen molar-refractivity contribution in [1.29, 1.82) is 0 Å². The van der Waals surface area contributed by atoms with Crippen LogP contribution in [0.2, 0.25) is 0 Å². The van der Waals surface area contributed by atoms with E-state index in [-0.39, 0.29) is 26.4 Å². The molecule has 0 bridgehead atoms. The second-order valence-electron chi connectivity index (χ2n) is 3.31. The minimum Gasteiger partial charge on any atom is -0.391 e. The number of hydrogen-bond donors (Lipinski definition) is 4. The summed E-state index contributed by atoms with van der Waals surface area (Å²) in [4.78, 5) is 3.09. The van der Waals surface area contributed by atoms with E-state index in [1.807, 2.05) is 0 Å². The van der Waals surface area contributed by atoms with Crippen molar-refractivity contribution < 1.29 is 20.4 Å². The smallest absolute Gasteiger partial charge is 0.0753 e. The molecule has 0 aromatic rings. The van der Waals surface area contributed by atoms with E-state index in [1.165, 1.54) is 47.0 Å². The third-order valence-corrected chi connectivity index (χ3v) is 8.05. The molecular formula is C10H12O4S4. The maximum atomic E-state index is 9.19. The Morgan fingerprint density at radius 2 is 0.722 bits per heavy atom. The van der Waals surface area contributed by atoms with Crippen LogP contribution in [0.15, 0.2) is 28.1 Å². The lowest BCUT2D eigenvalue weighted by Gasteiger charge is -2.01. The molecule has 2 aliphatic rings. The Morgan fingerprint density at radius 1 is 0.500 bits per heavy atom. The molecule has 0 spiro atoms. The van der Waals surface area contributed by atoms with Crippen molar-refractivity contribution in [3.05, 3.63) is 28.1 Å². The van der Waals surface area contributed by atoms with Crippen LogP contribution in [0.5, 0.6) is 0 Å². The van der Waals surface area contributed by atoms with Gasteiger partial charge in [-0.3, -0.25) is 0 Å². The minimum absolute atomic E-state index is 0.0766. The fourth-order valence-electron chi connectivity index (χ4n) is 1.37. The van der Waals surface area contributed by atoms with Gasteiger partial charge in [-0.2, -0.15) is 0 Å².